The molecule has 4 bridgehead atoms. The van der Waals surface area contributed by atoms with Gasteiger partial charge in [-0.3, -0.25) is 14.2 Å². The summed E-state index contributed by atoms with van der Waals surface area (Å²) in [4.78, 5) is 35.9. The lowest BCUT2D eigenvalue weighted by molar-refractivity contribution is -0.131. The SMILES string of the molecule is CN1CCCc2cnccc2Nc2cccc(n2)N[C@H]2C[C@@H](C1=O)N(c1nccn3c(-c4ccc(F)cc4F)ncc13)C2. The van der Waals surface area contributed by atoms with E-state index in [1.165, 1.54) is 12.1 Å². The van der Waals surface area contributed by atoms with Crippen LogP contribution in [0.15, 0.2) is 73.4 Å². The third kappa shape index (κ3) is 5.09. The molecule has 0 unspecified atom stereocenters. The Balaban J connectivity index is 1.26. The van der Waals surface area contributed by atoms with Gasteiger partial charge in [0.2, 0.25) is 5.91 Å². The number of anilines is 4. The fourth-order valence-electron chi connectivity index (χ4n) is 5.97. The zero-order chi connectivity index (χ0) is 29.5. The summed E-state index contributed by atoms with van der Waals surface area (Å²) in [6.07, 6.45) is 10.5. The van der Waals surface area contributed by atoms with Crippen molar-refractivity contribution in [1.29, 1.82) is 0 Å². The molecule has 0 saturated carbocycles. The van der Waals surface area contributed by atoms with Crippen molar-refractivity contribution in [3.8, 4) is 11.4 Å². The van der Waals surface area contributed by atoms with Crippen LogP contribution in [-0.4, -0.2) is 67.4 Å². The zero-order valence-corrected chi connectivity index (χ0v) is 23.4. The monoisotopic (exact) mass is 581 g/mol. The number of halogens is 2. The number of pyridine rings is 2. The van der Waals surface area contributed by atoms with Crippen molar-refractivity contribution >= 4 is 34.6 Å². The summed E-state index contributed by atoms with van der Waals surface area (Å²) in [5, 5.41) is 6.94. The van der Waals surface area contributed by atoms with E-state index >= 15 is 0 Å². The van der Waals surface area contributed by atoms with E-state index in [4.69, 9.17) is 4.98 Å². The van der Waals surface area contributed by atoms with Gasteiger partial charge < -0.3 is 20.4 Å². The molecule has 1 amide bonds. The Morgan fingerprint density at radius 3 is 2.79 bits per heavy atom. The summed E-state index contributed by atoms with van der Waals surface area (Å²) in [5.41, 5.74) is 2.78. The van der Waals surface area contributed by atoms with Crippen molar-refractivity contribution in [2.75, 3.05) is 35.7 Å². The lowest BCUT2D eigenvalue weighted by atomic mass is 10.1. The van der Waals surface area contributed by atoms with Crippen LogP contribution in [0.1, 0.15) is 18.4 Å². The molecule has 0 radical (unpaired) electrons. The van der Waals surface area contributed by atoms with Gasteiger partial charge in [0, 0.05) is 62.7 Å². The number of carbonyl (C=O) groups excluding carboxylic acids is 1. The topological polar surface area (TPSA) is 104 Å². The summed E-state index contributed by atoms with van der Waals surface area (Å²) < 4.78 is 30.0. The van der Waals surface area contributed by atoms with Gasteiger partial charge in [0.1, 0.15) is 40.7 Å². The van der Waals surface area contributed by atoms with Gasteiger partial charge in [-0.25, -0.2) is 23.7 Å². The van der Waals surface area contributed by atoms with Gasteiger partial charge in [-0.2, -0.15) is 0 Å². The molecular weight excluding hydrogens is 552 g/mol. The first kappa shape index (κ1) is 26.7. The number of nitrogens with one attached hydrogen (secondary N) is 2. The molecule has 2 N–H and O–H groups in total. The number of amides is 1. The van der Waals surface area contributed by atoms with Crippen LogP contribution in [0.5, 0.6) is 0 Å². The molecule has 5 aromatic rings. The Morgan fingerprint density at radius 2 is 1.91 bits per heavy atom. The number of aromatic nitrogens is 5. The molecule has 12 heteroatoms. The summed E-state index contributed by atoms with van der Waals surface area (Å²) in [6.45, 7) is 1.05. The lowest BCUT2D eigenvalue weighted by Gasteiger charge is -2.29. The summed E-state index contributed by atoms with van der Waals surface area (Å²) in [6, 6.07) is 10.5. The highest BCUT2D eigenvalue weighted by atomic mass is 19.1. The average molecular weight is 582 g/mol. The fraction of sp³-hybridized carbons (Fsp3) is 0.258. The predicted molar refractivity (Wildman–Crippen MR) is 159 cm³/mol. The largest absolute Gasteiger partial charge is 0.365 e. The third-order valence-corrected chi connectivity index (χ3v) is 8.05. The minimum absolute atomic E-state index is 0.0152. The van der Waals surface area contributed by atoms with E-state index in [0.717, 1.165) is 30.2 Å². The fourth-order valence-corrected chi connectivity index (χ4v) is 5.97. The number of rotatable bonds is 2. The van der Waals surface area contributed by atoms with E-state index in [-0.39, 0.29) is 17.5 Å². The minimum atomic E-state index is -0.707. The third-order valence-electron chi connectivity index (χ3n) is 8.05. The molecule has 0 aliphatic carbocycles. The molecular formula is C31H29F2N9O. The van der Waals surface area contributed by atoms with Crippen LogP contribution < -0.4 is 15.5 Å². The molecule has 7 rings (SSSR count). The Hall–Kier alpha value is -5.13. The summed E-state index contributed by atoms with van der Waals surface area (Å²) in [7, 11) is 1.83. The predicted octanol–water partition coefficient (Wildman–Crippen LogP) is 4.67. The van der Waals surface area contributed by atoms with Gasteiger partial charge in [-0.05, 0) is 55.2 Å². The number of hydrogen-bond acceptors (Lipinski definition) is 8. The number of hydrogen-bond donors (Lipinski definition) is 2. The van der Waals surface area contributed by atoms with Crippen molar-refractivity contribution in [2.45, 2.75) is 31.3 Å². The summed E-state index contributed by atoms with van der Waals surface area (Å²) in [5.74, 6) is 0.894. The number of benzene rings is 1. The molecule has 43 heavy (non-hydrogen) atoms. The average Bonchev–Trinajstić information content (AvgIpc) is 3.62. The van der Waals surface area contributed by atoms with Crippen LogP contribution >= 0.6 is 0 Å². The number of likely N-dealkylation sites (N-methyl/N-ethyl adjacent to an activating group) is 1. The first-order chi connectivity index (χ1) is 20.9. The molecule has 2 aliphatic rings. The first-order valence-corrected chi connectivity index (χ1v) is 14.2. The molecule has 2 aliphatic heterocycles. The number of aryl methyl sites for hydroxylation is 1. The maximum absolute atomic E-state index is 14.7. The van der Waals surface area contributed by atoms with E-state index in [2.05, 4.69) is 25.6 Å². The van der Waals surface area contributed by atoms with E-state index in [1.807, 2.05) is 42.4 Å². The molecule has 1 aromatic carbocycles. The number of carbonyl (C=O) groups is 1. The van der Waals surface area contributed by atoms with Gasteiger partial charge >= 0.3 is 0 Å². The molecule has 1 saturated heterocycles. The number of imidazole rings is 1. The molecule has 1 fully saturated rings. The second-order valence-corrected chi connectivity index (χ2v) is 10.9. The van der Waals surface area contributed by atoms with E-state index in [1.54, 1.807) is 34.1 Å². The van der Waals surface area contributed by atoms with Gasteiger partial charge in [-0.1, -0.05) is 6.07 Å². The molecule has 10 nitrogen and oxygen atoms in total. The molecule has 6 heterocycles. The van der Waals surface area contributed by atoms with Crippen LogP contribution in [0.2, 0.25) is 0 Å². The van der Waals surface area contributed by atoms with Crippen LogP contribution in [0.4, 0.5) is 31.9 Å². The number of fused-ring (bicyclic) bond motifs is 6. The zero-order valence-electron chi connectivity index (χ0n) is 23.4. The summed E-state index contributed by atoms with van der Waals surface area (Å²) >= 11 is 0. The van der Waals surface area contributed by atoms with E-state index < -0.39 is 17.7 Å². The van der Waals surface area contributed by atoms with Crippen LogP contribution in [-0.2, 0) is 11.2 Å². The van der Waals surface area contributed by atoms with Crippen LogP contribution in [0.3, 0.4) is 0 Å². The normalized spacial score (nSPS) is 18.9. The smallest absolute Gasteiger partial charge is 0.245 e. The molecule has 0 spiro atoms. The van der Waals surface area contributed by atoms with Crippen LogP contribution in [0, 0.1) is 11.6 Å². The highest BCUT2D eigenvalue weighted by molar-refractivity contribution is 5.88. The second-order valence-electron chi connectivity index (χ2n) is 10.9. The van der Waals surface area contributed by atoms with Gasteiger partial charge in [-0.15, -0.1) is 0 Å². The Labute approximate surface area is 246 Å². The minimum Gasteiger partial charge on any atom is -0.365 e. The van der Waals surface area contributed by atoms with Gasteiger partial charge in [0.05, 0.1) is 11.8 Å². The Bertz CT molecular complexity index is 1830. The van der Waals surface area contributed by atoms with Gasteiger partial charge in [0.25, 0.3) is 0 Å². The Morgan fingerprint density at radius 1 is 1.02 bits per heavy atom. The highest BCUT2D eigenvalue weighted by Crippen LogP contribution is 2.33. The van der Waals surface area contributed by atoms with Crippen molar-refractivity contribution in [2.24, 2.45) is 0 Å². The van der Waals surface area contributed by atoms with Crippen molar-refractivity contribution in [1.82, 2.24) is 29.2 Å². The second kappa shape index (κ2) is 10.9. The maximum Gasteiger partial charge on any atom is 0.245 e. The van der Waals surface area contributed by atoms with Crippen molar-refractivity contribution in [3.05, 3.63) is 90.6 Å². The van der Waals surface area contributed by atoms with E-state index in [9.17, 15) is 13.6 Å². The number of nitrogens with zero attached hydrogens (tertiary/aromatic N) is 7. The van der Waals surface area contributed by atoms with E-state index in [0.29, 0.717) is 48.3 Å². The van der Waals surface area contributed by atoms with Crippen molar-refractivity contribution < 1.29 is 13.6 Å². The molecule has 218 valence electrons. The van der Waals surface area contributed by atoms with Gasteiger partial charge in [0.15, 0.2) is 5.82 Å². The van der Waals surface area contributed by atoms with Crippen LogP contribution in [0.25, 0.3) is 16.9 Å². The standard InChI is InChI=1S/C31H29F2N9O/c1-40-12-3-4-19-16-34-10-9-24(19)38-28-6-2-5-27(39-28)37-21-15-25(31(40)43)42(18-21)30-26-17-36-29(41(26)13-11-35-30)22-8-7-20(32)14-23(22)33/h2,5-11,13-14,16-17,21,25H,3-4,12,15,18H2,1H3,(H2,37,38,39)/t21-,25-/m0/s1. The molecule has 4 aromatic heterocycles. The first-order valence-electron chi connectivity index (χ1n) is 14.2. The molecule has 2 atom stereocenters. The lowest BCUT2D eigenvalue weighted by Crippen LogP contribution is -2.45. The van der Waals surface area contributed by atoms with Crippen molar-refractivity contribution in [3.63, 3.8) is 0 Å². The quantitative estimate of drug-likeness (QED) is 0.310. The maximum atomic E-state index is 14.7. The Kier molecular flexibility index (Phi) is 6.80. The highest BCUT2D eigenvalue weighted by Gasteiger charge is 2.40.